The molecule has 1 aliphatic rings. The van der Waals surface area contributed by atoms with Gasteiger partial charge in [0.2, 0.25) is 10.0 Å². The van der Waals surface area contributed by atoms with Gasteiger partial charge in [-0.15, -0.1) is 0 Å². The molecule has 0 aromatic heterocycles. The van der Waals surface area contributed by atoms with Gasteiger partial charge in [-0.2, -0.15) is 4.31 Å². The van der Waals surface area contributed by atoms with Crippen LogP contribution in [-0.4, -0.2) is 41.8 Å². The standard InChI is InChI=1S/C12H14N2O6S/c15-12(16)9-3-2-6-13(8-9)21(19,20)11-5-1-4-10(7-11)14(17)18/h1,4-5,7,9H,2-3,6,8H2,(H,15,16)/t9-/m0/s1. The Morgan fingerprint density at radius 2 is 2.14 bits per heavy atom. The molecule has 0 spiro atoms. The number of carboxylic acid groups (broad SMARTS) is 1. The van der Waals surface area contributed by atoms with Crippen LogP contribution in [0.3, 0.4) is 0 Å². The van der Waals surface area contributed by atoms with Crippen LogP contribution in [0.5, 0.6) is 0 Å². The number of carbonyl (C=O) groups is 1. The molecular weight excluding hydrogens is 300 g/mol. The number of aliphatic carboxylic acids is 1. The summed E-state index contributed by atoms with van der Waals surface area (Å²) < 4.78 is 26.0. The van der Waals surface area contributed by atoms with Crippen LogP contribution in [0.4, 0.5) is 5.69 Å². The molecular formula is C12H14N2O6S. The summed E-state index contributed by atoms with van der Waals surface area (Å²) in [7, 11) is -3.92. The van der Waals surface area contributed by atoms with Crippen LogP contribution in [0.2, 0.25) is 0 Å². The van der Waals surface area contributed by atoms with E-state index in [0.717, 1.165) is 10.4 Å². The summed E-state index contributed by atoms with van der Waals surface area (Å²) >= 11 is 0. The zero-order valence-corrected chi connectivity index (χ0v) is 11.8. The molecule has 9 heteroatoms. The first kappa shape index (κ1) is 15.4. The highest BCUT2D eigenvalue weighted by Gasteiger charge is 2.33. The normalized spacial score (nSPS) is 20.1. The lowest BCUT2D eigenvalue weighted by Gasteiger charge is -2.29. The highest BCUT2D eigenvalue weighted by atomic mass is 32.2. The van der Waals surface area contributed by atoms with Crippen molar-refractivity contribution in [3.63, 3.8) is 0 Å². The van der Waals surface area contributed by atoms with Gasteiger partial charge in [0, 0.05) is 25.2 Å². The highest BCUT2D eigenvalue weighted by molar-refractivity contribution is 7.89. The third kappa shape index (κ3) is 3.19. The lowest BCUT2D eigenvalue weighted by Crippen LogP contribution is -2.42. The second-order valence-electron chi connectivity index (χ2n) is 4.79. The number of carboxylic acids is 1. The molecule has 2 rings (SSSR count). The van der Waals surface area contributed by atoms with Crippen molar-refractivity contribution in [3.05, 3.63) is 34.4 Å². The molecule has 1 heterocycles. The number of hydrogen-bond donors (Lipinski definition) is 1. The number of nitro groups is 1. The predicted molar refractivity (Wildman–Crippen MR) is 72.2 cm³/mol. The Morgan fingerprint density at radius 1 is 1.43 bits per heavy atom. The van der Waals surface area contributed by atoms with Gasteiger partial charge >= 0.3 is 5.97 Å². The number of piperidine rings is 1. The molecule has 114 valence electrons. The Balaban J connectivity index is 2.31. The second-order valence-corrected chi connectivity index (χ2v) is 6.73. The Kier molecular flexibility index (Phi) is 4.24. The monoisotopic (exact) mass is 314 g/mol. The molecule has 8 nitrogen and oxygen atoms in total. The van der Waals surface area contributed by atoms with Gasteiger partial charge in [0.05, 0.1) is 15.7 Å². The number of non-ortho nitro benzene ring substituents is 1. The summed E-state index contributed by atoms with van der Waals surface area (Å²) in [6.45, 7) is 0.106. The van der Waals surface area contributed by atoms with Gasteiger partial charge in [0.25, 0.3) is 5.69 Å². The zero-order valence-electron chi connectivity index (χ0n) is 11.0. The Bertz CT molecular complexity index is 672. The van der Waals surface area contributed by atoms with E-state index in [0.29, 0.717) is 12.8 Å². The van der Waals surface area contributed by atoms with Crippen LogP contribution in [-0.2, 0) is 14.8 Å². The molecule has 1 atom stereocenters. The molecule has 0 bridgehead atoms. The van der Waals surface area contributed by atoms with Crippen molar-refractivity contribution < 1.29 is 23.2 Å². The van der Waals surface area contributed by atoms with Crippen LogP contribution in [0, 0.1) is 16.0 Å². The first-order valence-corrected chi connectivity index (χ1v) is 7.74. The van der Waals surface area contributed by atoms with Gasteiger partial charge in [-0.25, -0.2) is 8.42 Å². The Hall–Kier alpha value is -2.00. The summed E-state index contributed by atoms with van der Waals surface area (Å²) in [6, 6.07) is 4.76. The smallest absolute Gasteiger partial charge is 0.307 e. The molecule has 1 aromatic carbocycles. The number of rotatable bonds is 4. The number of nitro benzene ring substituents is 1. The number of nitrogens with zero attached hydrogens (tertiary/aromatic N) is 2. The van der Waals surface area contributed by atoms with Crippen molar-refractivity contribution in [2.45, 2.75) is 17.7 Å². The predicted octanol–water partition coefficient (Wildman–Crippen LogP) is 1.08. The molecule has 0 amide bonds. The molecule has 1 aromatic rings. The third-order valence-corrected chi connectivity index (χ3v) is 5.26. The van der Waals surface area contributed by atoms with Crippen LogP contribution in [0.1, 0.15) is 12.8 Å². The number of benzene rings is 1. The van der Waals surface area contributed by atoms with E-state index < -0.39 is 26.8 Å². The minimum atomic E-state index is -3.92. The van der Waals surface area contributed by atoms with E-state index in [1.54, 1.807) is 0 Å². The van der Waals surface area contributed by atoms with Crippen molar-refractivity contribution in [2.24, 2.45) is 5.92 Å². The molecule has 1 saturated heterocycles. The van der Waals surface area contributed by atoms with Gasteiger partial charge in [0.15, 0.2) is 0 Å². The minimum Gasteiger partial charge on any atom is -0.481 e. The first-order valence-electron chi connectivity index (χ1n) is 6.30. The molecule has 1 aliphatic heterocycles. The van der Waals surface area contributed by atoms with E-state index in [4.69, 9.17) is 5.11 Å². The topological polar surface area (TPSA) is 118 Å². The van der Waals surface area contributed by atoms with Crippen LogP contribution in [0.25, 0.3) is 0 Å². The zero-order chi connectivity index (χ0) is 15.6. The summed E-state index contributed by atoms with van der Waals surface area (Å²) in [4.78, 5) is 20.8. The number of hydrogen-bond acceptors (Lipinski definition) is 5. The van der Waals surface area contributed by atoms with Gasteiger partial charge in [-0.3, -0.25) is 14.9 Å². The van der Waals surface area contributed by atoms with Gasteiger partial charge in [0.1, 0.15) is 0 Å². The van der Waals surface area contributed by atoms with E-state index in [2.05, 4.69) is 0 Å². The fraction of sp³-hybridized carbons (Fsp3) is 0.417. The fourth-order valence-electron chi connectivity index (χ4n) is 2.27. The largest absolute Gasteiger partial charge is 0.481 e. The average molecular weight is 314 g/mol. The lowest BCUT2D eigenvalue weighted by molar-refractivity contribution is -0.385. The van der Waals surface area contributed by atoms with Crippen LogP contribution >= 0.6 is 0 Å². The summed E-state index contributed by atoms with van der Waals surface area (Å²) in [6.07, 6.45) is 0.876. The average Bonchev–Trinajstić information content (AvgIpc) is 2.47. The molecule has 0 radical (unpaired) electrons. The molecule has 0 unspecified atom stereocenters. The first-order chi connectivity index (χ1) is 9.82. The van der Waals surface area contributed by atoms with Crippen molar-refractivity contribution in [1.82, 2.24) is 4.31 Å². The van der Waals surface area contributed by atoms with Crippen molar-refractivity contribution >= 4 is 21.7 Å². The van der Waals surface area contributed by atoms with E-state index in [1.165, 1.54) is 18.2 Å². The Labute approximate surface area is 121 Å². The molecule has 1 N–H and O–H groups in total. The lowest BCUT2D eigenvalue weighted by atomic mass is 10.0. The quantitative estimate of drug-likeness (QED) is 0.656. The van der Waals surface area contributed by atoms with Crippen LogP contribution in [0.15, 0.2) is 29.2 Å². The van der Waals surface area contributed by atoms with Gasteiger partial charge < -0.3 is 5.11 Å². The van der Waals surface area contributed by atoms with Gasteiger partial charge in [-0.1, -0.05) is 6.07 Å². The minimum absolute atomic E-state index is 0.111. The van der Waals surface area contributed by atoms with Crippen molar-refractivity contribution in [2.75, 3.05) is 13.1 Å². The molecule has 0 aliphatic carbocycles. The second kappa shape index (κ2) is 5.78. The summed E-state index contributed by atoms with van der Waals surface area (Å²) in [5.74, 6) is -1.78. The maximum atomic E-state index is 12.4. The summed E-state index contributed by atoms with van der Waals surface area (Å²) in [5.41, 5.74) is -0.317. The van der Waals surface area contributed by atoms with Gasteiger partial charge in [-0.05, 0) is 18.9 Å². The molecule has 1 fully saturated rings. The van der Waals surface area contributed by atoms with Crippen LogP contribution < -0.4 is 0 Å². The highest BCUT2D eigenvalue weighted by Crippen LogP contribution is 2.25. The van der Waals surface area contributed by atoms with E-state index >= 15 is 0 Å². The SMILES string of the molecule is O=C(O)[C@H]1CCCN(S(=O)(=O)c2cccc([N+](=O)[O-])c2)C1. The van der Waals surface area contributed by atoms with E-state index in [-0.39, 0.29) is 23.7 Å². The Morgan fingerprint density at radius 3 is 2.76 bits per heavy atom. The van der Waals surface area contributed by atoms with E-state index in [9.17, 15) is 23.3 Å². The third-order valence-electron chi connectivity index (χ3n) is 3.40. The molecule has 0 saturated carbocycles. The maximum Gasteiger partial charge on any atom is 0.307 e. The summed E-state index contributed by atoms with van der Waals surface area (Å²) in [5, 5.41) is 19.7. The maximum absolute atomic E-state index is 12.4. The van der Waals surface area contributed by atoms with E-state index in [1.807, 2.05) is 0 Å². The molecule has 21 heavy (non-hydrogen) atoms. The van der Waals surface area contributed by atoms with Crippen molar-refractivity contribution in [1.29, 1.82) is 0 Å². The van der Waals surface area contributed by atoms with Crippen molar-refractivity contribution in [3.8, 4) is 0 Å². The number of sulfonamides is 1. The fourth-order valence-corrected chi connectivity index (χ4v) is 3.83.